The Morgan fingerprint density at radius 2 is 2.38 bits per heavy atom. The molecule has 1 aromatic rings. The minimum Gasteiger partial charge on any atom is -0.384 e. The van der Waals surface area contributed by atoms with Crippen molar-refractivity contribution in [2.24, 2.45) is 10.9 Å². The molecule has 0 radical (unpaired) electrons. The van der Waals surface area contributed by atoms with Crippen molar-refractivity contribution in [2.45, 2.75) is 12.8 Å². The van der Waals surface area contributed by atoms with Crippen LogP contribution in [-0.2, 0) is 11.2 Å². The quantitative estimate of drug-likeness (QED) is 0.358. The summed E-state index contributed by atoms with van der Waals surface area (Å²) in [5.41, 5.74) is 0. The highest BCUT2D eigenvalue weighted by atomic mass is 127. The molecule has 1 aliphatic rings. The van der Waals surface area contributed by atoms with Crippen LogP contribution in [0.1, 0.15) is 11.3 Å². The van der Waals surface area contributed by atoms with Crippen molar-refractivity contribution in [3.63, 3.8) is 0 Å². The number of hydrogen-bond acceptors (Lipinski definition) is 3. The predicted molar refractivity (Wildman–Crippen MR) is 109 cm³/mol. The van der Waals surface area contributed by atoms with Gasteiger partial charge in [-0.2, -0.15) is 0 Å². The lowest BCUT2D eigenvalue weighted by molar-refractivity contribution is 0.157. The van der Waals surface area contributed by atoms with Crippen LogP contribution in [0, 0.1) is 8.80 Å². The summed E-state index contributed by atoms with van der Waals surface area (Å²) in [6, 6.07) is 4.38. The fourth-order valence-electron chi connectivity index (χ4n) is 2.51. The Morgan fingerprint density at radius 3 is 3.00 bits per heavy atom. The van der Waals surface area contributed by atoms with Gasteiger partial charge in [-0.1, -0.05) is 0 Å². The Kier molecular flexibility index (Phi) is 9.46. The van der Waals surface area contributed by atoms with Crippen molar-refractivity contribution in [3.05, 3.63) is 19.9 Å². The molecule has 1 N–H and O–H groups in total. The van der Waals surface area contributed by atoms with Gasteiger partial charge in [0.1, 0.15) is 0 Å². The molecule has 0 aromatic carbocycles. The van der Waals surface area contributed by atoms with E-state index in [1.165, 1.54) is 14.2 Å². The Bertz CT molecular complexity index is 453. The SMILES string of the molecule is CN=C(NCCc1ccc(I)s1)N1CCC(COC)C1.I. The van der Waals surface area contributed by atoms with E-state index in [2.05, 4.69) is 49.9 Å². The number of guanidine groups is 1. The predicted octanol–water partition coefficient (Wildman–Crippen LogP) is 3.06. The highest BCUT2D eigenvalue weighted by Crippen LogP contribution is 2.19. The van der Waals surface area contributed by atoms with Gasteiger partial charge in [-0.05, 0) is 47.6 Å². The van der Waals surface area contributed by atoms with Crippen LogP contribution in [0.5, 0.6) is 0 Å². The molecule has 0 spiro atoms. The normalized spacial score (nSPS) is 18.7. The molecule has 120 valence electrons. The molecule has 1 aliphatic heterocycles. The highest BCUT2D eigenvalue weighted by molar-refractivity contribution is 14.1. The zero-order valence-electron chi connectivity index (χ0n) is 12.5. The van der Waals surface area contributed by atoms with Crippen LogP contribution >= 0.6 is 57.9 Å². The standard InChI is InChI=1S/C14H22IN3OS.HI/c1-16-14(18-8-6-11(9-18)10-19-2)17-7-5-12-3-4-13(15)20-12;/h3-4,11H,5-10H2,1-2H3,(H,16,17);1H. The first kappa shape index (κ1) is 19.4. The maximum absolute atomic E-state index is 5.24. The molecule has 0 aliphatic carbocycles. The molecule has 21 heavy (non-hydrogen) atoms. The summed E-state index contributed by atoms with van der Waals surface area (Å²) in [6.07, 6.45) is 2.25. The summed E-state index contributed by atoms with van der Waals surface area (Å²) in [5, 5.41) is 3.47. The summed E-state index contributed by atoms with van der Waals surface area (Å²) in [5.74, 6) is 1.66. The monoisotopic (exact) mass is 535 g/mol. The van der Waals surface area contributed by atoms with Gasteiger partial charge in [-0.15, -0.1) is 35.3 Å². The number of methoxy groups -OCH3 is 1. The summed E-state index contributed by atoms with van der Waals surface area (Å²) in [7, 11) is 3.64. The number of hydrogen-bond donors (Lipinski definition) is 1. The molecule has 1 atom stereocenters. The largest absolute Gasteiger partial charge is 0.384 e. The number of nitrogens with one attached hydrogen (secondary N) is 1. The lowest BCUT2D eigenvalue weighted by Crippen LogP contribution is -2.41. The highest BCUT2D eigenvalue weighted by Gasteiger charge is 2.24. The van der Waals surface area contributed by atoms with E-state index in [0.29, 0.717) is 5.92 Å². The van der Waals surface area contributed by atoms with Crippen molar-refractivity contribution >= 4 is 63.9 Å². The van der Waals surface area contributed by atoms with Crippen LogP contribution in [0.3, 0.4) is 0 Å². The van der Waals surface area contributed by atoms with Crippen molar-refractivity contribution in [1.82, 2.24) is 10.2 Å². The number of aliphatic imine (C=N–C) groups is 1. The van der Waals surface area contributed by atoms with Crippen molar-refractivity contribution < 1.29 is 4.74 Å². The fourth-order valence-corrected chi connectivity index (χ4v) is 4.27. The third-order valence-electron chi connectivity index (χ3n) is 3.48. The lowest BCUT2D eigenvalue weighted by Gasteiger charge is -2.21. The van der Waals surface area contributed by atoms with Gasteiger partial charge in [0.15, 0.2) is 5.96 Å². The van der Waals surface area contributed by atoms with E-state index in [1.54, 1.807) is 7.11 Å². The summed E-state index contributed by atoms with van der Waals surface area (Å²) >= 11 is 4.23. The third kappa shape index (κ3) is 6.19. The topological polar surface area (TPSA) is 36.9 Å². The van der Waals surface area contributed by atoms with E-state index in [-0.39, 0.29) is 24.0 Å². The second-order valence-electron chi connectivity index (χ2n) is 4.99. The maximum Gasteiger partial charge on any atom is 0.193 e. The van der Waals surface area contributed by atoms with Crippen LogP contribution in [0.4, 0.5) is 0 Å². The summed E-state index contributed by atoms with van der Waals surface area (Å²) < 4.78 is 6.59. The molecule has 7 heteroatoms. The van der Waals surface area contributed by atoms with Crippen molar-refractivity contribution in [1.29, 1.82) is 0 Å². The molecule has 0 saturated carbocycles. The van der Waals surface area contributed by atoms with E-state index in [1.807, 2.05) is 18.4 Å². The van der Waals surface area contributed by atoms with E-state index >= 15 is 0 Å². The molecule has 1 aromatic heterocycles. The van der Waals surface area contributed by atoms with Crippen LogP contribution in [0.15, 0.2) is 17.1 Å². The van der Waals surface area contributed by atoms with Gasteiger partial charge >= 0.3 is 0 Å². The van der Waals surface area contributed by atoms with E-state index in [9.17, 15) is 0 Å². The molecule has 0 amide bonds. The van der Waals surface area contributed by atoms with E-state index in [4.69, 9.17) is 4.74 Å². The maximum atomic E-state index is 5.24. The number of nitrogens with zero attached hydrogens (tertiary/aromatic N) is 2. The smallest absolute Gasteiger partial charge is 0.193 e. The van der Waals surface area contributed by atoms with Gasteiger partial charge in [-0.25, -0.2) is 0 Å². The van der Waals surface area contributed by atoms with Gasteiger partial charge in [0, 0.05) is 44.6 Å². The Hall–Kier alpha value is 0.390. The van der Waals surface area contributed by atoms with Gasteiger partial charge in [0.2, 0.25) is 0 Å². The average molecular weight is 535 g/mol. The van der Waals surface area contributed by atoms with Gasteiger partial charge in [0.25, 0.3) is 0 Å². The molecule has 2 rings (SSSR count). The average Bonchev–Trinajstić information content (AvgIpc) is 3.05. The van der Waals surface area contributed by atoms with E-state index < -0.39 is 0 Å². The van der Waals surface area contributed by atoms with Crippen molar-refractivity contribution in [2.75, 3.05) is 40.4 Å². The zero-order valence-corrected chi connectivity index (χ0v) is 17.8. The summed E-state index contributed by atoms with van der Waals surface area (Å²) in [4.78, 5) is 8.16. The number of likely N-dealkylation sites (tertiary alicyclic amines) is 1. The second kappa shape index (κ2) is 10.2. The molecule has 1 saturated heterocycles. The number of thiophene rings is 1. The number of halogens is 2. The van der Waals surface area contributed by atoms with Crippen LogP contribution in [0.25, 0.3) is 0 Å². The molecular formula is C14H23I2N3OS. The Labute approximate surface area is 161 Å². The number of rotatable bonds is 5. The van der Waals surface area contributed by atoms with Gasteiger partial charge in [-0.3, -0.25) is 4.99 Å². The molecule has 0 bridgehead atoms. The van der Waals surface area contributed by atoms with Gasteiger partial charge < -0.3 is 15.0 Å². The second-order valence-corrected chi connectivity index (χ2v) is 8.05. The molecule has 2 heterocycles. The van der Waals surface area contributed by atoms with Crippen LogP contribution < -0.4 is 5.32 Å². The van der Waals surface area contributed by atoms with Crippen molar-refractivity contribution in [3.8, 4) is 0 Å². The minimum absolute atomic E-state index is 0. The molecular weight excluding hydrogens is 512 g/mol. The molecule has 1 fully saturated rings. The first-order valence-corrected chi connectivity index (χ1v) is 8.81. The first-order valence-electron chi connectivity index (χ1n) is 6.91. The van der Waals surface area contributed by atoms with Gasteiger partial charge in [0.05, 0.1) is 9.49 Å². The molecule has 1 unspecified atom stereocenters. The minimum atomic E-state index is 0. The molecule has 4 nitrogen and oxygen atoms in total. The van der Waals surface area contributed by atoms with Crippen LogP contribution in [0.2, 0.25) is 0 Å². The number of ether oxygens (including phenoxy) is 1. The third-order valence-corrected chi connectivity index (χ3v) is 5.44. The first-order chi connectivity index (χ1) is 9.72. The lowest BCUT2D eigenvalue weighted by atomic mass is 10.1. The summed E-state index contributed by atoms with van der Waals surface area (Å²) in [6.45, 7) is 3.91. The van der Waals surface area contributed by atoms with E-state index in [0.717, 1.165) is 38.6 Å². The Balaban J connectivity index is 0.00000220. The Morgan fingerprint density at radius 1 is 1.57 bits per heavy atom. The zero-order chi connectivity index (χ0) is 14.4. The van der Waals surface area contributed by atoms with Crippen LogP contribution in [-0.4, -0.2) is 51.3 Å². The fraction of sp³-hybridized carbons (Fsp3) is 0.643.